The van der Waals surface area contributed by atoms with Gasteiger partial charge in [0.15, 0.2) is 0 Å². The van der Waals surface area contributed by atoms with Crippen LogP contribution in [0.25, 0.3) is 11.4 Å². The first-order valence-corrected chi connectivity index (χ1v) is 8.63. The van der Waals surface area contributed by atoms with E-state index in [9.17, 15) is 0 Å². The van der Waals surface area contributed by atoms with Gasteiger partial charge < -0.3 is 9.84 Å². The number of nitrogens with one attached hydrogen (secondary N) is 1. The van der Waals surface area contributed by atoms with Gasteiger partial charge in [-0.05, 0) is 42.9 Å². The van der Waals surface area contributed by atoms with Crippen molar-refractivity contribution in [1.82, 2.24) is 15.5 Å². The molecule has 0 aliphatic heterocycles. The molecule has 1 saturated carbocycles. The van der Waals surface area contributed by atoms with Crippen LogP contribution in [-0.4, -0.2) is 21.9 Å². The van der Waals surface area contributed by atoms with Crippen LogP contribution < -0.4 is 5.32 Å². The molecule has 2 aromatic rings. The van der Waals surface area contributed by atoms with Crippen molar-refractivity contribution in [3.8, 4) is 11.4 Å². The molecule has 0 radical (unpaired) electrons. The molecule has 1 N–H and O–H groups in total. The van der Waals surface area contributed by atoms with Crippen LogP contribution in [0.4, 0.5) is 0 Å². The van der Waals surface area contributed by atoms with Gasteiger partial charge in [0.1, 0.15) is 0 Å². The van der Waals surface area contributed by atoms with Gasteiger partial charge in [-0.2, -0.15) is 4.98 Å². The molecule has 4 nitrogen and oxygen atoms in total. The number of nitrogens with zero attached hydrogens (tertiary/aromatic N) is 2. The maximum absolute atomic E-state index is 5.33. The van der Waals surface area contributed by atoms with Crippen LogP contribution >= 0.6 is 11.8 Å². The van der Waals surface area contributed by atoms with Gasteiger partial charge in [-0.15, -0.1) is 11.8 Å². The molecule has 1 heterocycles. The summed E-state index contributed by atoms with van der Waals surface area (Å²) in [4.78, 5) is 5.74. The van der Waals surface area contributed by atoms with E-state index in [4.69, 9.17) is 4.52 Å². The smallest absolute Gasteiger partial charge is 0.240 e. The van der Waals surface area contributed by atoms with Crippen molar-refractivity contribution >= 4 is 11.8 Å². The maximum atomic E-state index is 5.33. The van der Waals surface area contributed by atoms with E-state index in [1.165, 1.54) is 30.6 Å². The number of rotatable bonds is 6. The van der Waals surface area contributed by atoms with Crippen molar-refractivity contribution in [1.29, 1.82) is 0 Å². The van der Waals surface area contributed by atoms with Gasteiger partial charge >= 0.3 is 0 Å². The Balaban J connectivity index is 1.60. The summed E-state index contributed by atoms with van der Waals surface area (Å²) in [5, 5.41) is 7.56. The first-order chi connectivity index (χ1) is 10.3. The van der Waals surface area contributed by atoms with Crippen molar-refractivity contribution in [3.05, 3.63) is 30.2 Å². The Morgan fingerprint density at radius 3 is 2.71 bits per heavy atom. The van der Waals surface area contributed by atoms with Crippen LogP contribution in [0.2, 0.25) is 0 Å². The Morgan fingerprint density at radius 2 is 2.00 bits per heavy atom. The molecule has 0 atom stereocenters. The lowest BCUT2D eigenvalue weighted by atomic mass is 10.2. The highest BCUT2D eigenvalue weighted by Gasteiger charge is 2.15. The quantitative estimate of drug-likeness (QED) is 0.821. The number of hydrogen-bond donors (Lipinski definition) is 1. The van der Waals surface area contributed by atoms with Crippen LogP contribution in [0.15, 0.2) is 33.7 Å². The molecule has 0 spiro atoms. The van der Waals surface area contributed by atoms with Gasteiger partial charge in [-0.3, -0.25) is 0 Å². The summed E-state index contributed by atoms with van der Waals surface area (Å²) in [5.41, 5.74) is 1.01. The molecule has 0 amide bonds. The average molecular weight is 303 g/mol. The first kappa shape index (κ1) is 14.6. The van der Waals surface area contributed by atoms with Gasteiger partial charge in [0, 0.05) is 16.5 Å². The molecule has 3 rings (SSSR count). The largest absolute Gasteiger partial charge is 0.338 e. The fourth-order valence-corrected chi connectivity index (χ4v) is 3.33. The lowest BCUT2D eigenvalue weighted by molar-refractivity contribution is 0.357. The molecule has 5 heteroatoms. The Kier molecular flexibility index (Phi) is 4.93. The van der Waals surface area contributed by atoms with Gasteiger partial charge in [0.05, 0.1) is 6.54 Å². The minimum absolute atomic E-state index is 0.616. The fraction of sp³-hybridized carbons (Fsp3) is 0.500. The highest BCUT2D eigenvalue weighted by atomic mass is 32.2. The predicted molar refractivity (Wildman–Crippen MR) is 85.2 cm³/mol. The third kappa shape index (κ3) is 3.86. The van der Waals surface area contributed by atoms with Crippen molar-refractivity contribution in [3.63, 3.8) is 0 Å². The molecule has 1 aromatic heterocycles. The van der Waals surface area contributed by atoms with Crippen LogP contribution in [0.5, 0.6) is 0 Å². The van der Waals surface area contributed by atoms with Crippen molar-refractivity contribution in [2.75, 3.05) is 5.75 Å². The van der Waals surface area contributed by atoms with Crippen LogP contribution in [0, 0.1) is 0 Å². The SMILES string of the molecule is CCSc1ccc(-c2noc(CNC3CCCC3)n2)cc1. The molecular weight excluding hydrogens is 282 g/mol. The lowest BCUT2D eigenvalue weighted by Crippen LogP contribution is -2.25. The normalized spacial score (nSPS) is 15.7. The van der Waals surface area contributed by atoms with Crippen molar-refractivity contribution < 1.29 is 4.52 Å². The minimum Gasteiger partial charge on any atom is -0.338 e. The van der Waals surface area contributed by atoms with Gasteiger partial charge in [0.25, 0.3) is 0 Å². The number of hydrogen-bond acceptors (Lipinski definition) is 5. The highest BCUT2D eigenvalue weighted by Crippen LogP contribution is 2.22. The van der Waals surface area contributed by atoms with E-state index in [0.717, 1.165) is 11.3 Å². The maximum Gasteiger partial charge on any atom is 0.240 e. The molecule has 1 aliphatic rings. The van der Waals surface area contributed by atoms with Crippen LogP contribution in [0.3, 0.4) is 0 Å². The van der Waals surface area contributed by atoms with E-state index in [2.05, 4.69) is 46.6 Å². The molecule has 112 valence electrons. The van der Waals surface area contributed by atoms with Crippen molar-refractivity contribution in [2.24, 2.45) is 0 Å². The van der Waals surface area contributed by atoms with Crippen molar-refractivity contribution in [2.45, 2.75) is 50.1 Å². The zero-order valence-corrected chi connectivity index (χ0v) is 13.2. The third-order valence-corrected chi connectivity index (χ3v) is 4.68. The topological polar surface area (TPSA) is 51.0 Å². The Morgan fingerprint density at radius 1 is 1.24 bits per heavy atom. The number of benzene rings is 1. The summed E-state index contributed by atoms with van der Waals surface area (Å²) in [5.74, 6) is 2.42. The van der Waals surface area contributed by atoms with Gasteiger partial charge in [-0.1, -0.05) is 24.9 Å². The summed E-state index contributed by atoms with van der Waals surface area (Å²) in [7, 11) is 0. The van der Waals surface area contributed by atoms with Crippen LogP contribution in [-0.2, 0) is 6.54 Å². The molecule has 0 saturated heterocycles. The standard InChI is InChI=1S/C16H21N3OS/c1-2-21-14-9-7-12(8-10-14)16-18-15(20-19-16)11-17-13-5-3-4-6-13/h7-10,13,17H,2-6,11H2,1H3. The lowest BCUT2D eigenvalue weighted by Gasteiger charge is -2.08. The summed E-state index contributed by atoms with van der Waals surface area (Å²) < 4.78 is 5.33. The summed E-state index contributed by atoms with van der Waals surface area (Å²) in [6.07, 6.45) is 5.18. The summed E-state index contributed by atoms with van der Waals surface area (Å²) >= 11 is 1.83. The monoisotopic (exact) mass is 303 g/mol. The molecule has 1 fully saturated rings. The zero-order valence-electron chi connectivity index (χ0n) is 12.3. The fourth-order valence-electron chi connectivity index (χ4n) is 2.67. The third-order valence-electron chi connectivity index (χ3n) is 3.79. The summed E-state index contributed by atoms with van der Waals surface area (Å²) in [6, 6.07) is 8.94. The average Bonchev–Trinajstić information content (AvgIpc) is 3.18. The molecule has 1 aromatic carbocycles. The minimum atomic E-state index is 0.616. The highest BCUT2D eigenvalue weighted by molar-refractivity contribution is 7.99. The Hall–Kier alpha value is -1.33. The van der Waals surface area contributed by atoms with Gasteiger partial charge in [-0.25, -0.2) is 0 Å². The molecule has 1 aliphatic carbocycles. The summed E-state index contributed by atoms with van der Waals surface area (Å²) in [6.45, 7) is 2.82. The van der Waals surface area contributed by atoms with E-state index in [1.807, 2.05) is 11.8 Å². The number of thioether (sulfide) groups is 1. The predicted octanol–water partition coefficient (Wildman–Crippen LogP) is 3.88. The van der Waals surface area contributed by atoms with E-state index in [-0.39, 0.29) is 0 Å². The second-order valence-corrected chi connectivity index (χ2v) is 6.67. The number of aromatic nitrogens is 2. The van der Waals surface area contributed by atoms with Gasteiger partial charge in [0.2, 0.25) is 11.7 Å². The molecule has 0 unspecified atom stereocenters. The molecule has 21 heavy (non-hydrogen) atoms. The van der Waals surface area contributed by atoms with Crippen LogP contribution in [0.1, 0.15) is 38.5 Å². The zero-order chi connectivity index (χ0) is 14.5. The van der Waals surface area contributed by atoms with E-state index in [1.54, 1.807) is 0 Å². The van der Waals surface area contributed by atoms with E-state index < -0.39 is 0 Å². The Labute approximate surface area is 129 Å². The first-order valence-electron chi connectivity index (χ1n) is 7.64. The van der Waals surface area contributed by atoms with E-state index >= 15 is 0 Å². The molecule has 0 bridgehead atoms. The second-order valence-electron chi connectivity index (χ2n) is 5.33. The van der Waals surface area contributed by atoms with E-state index in [0.29, 0.717) is 24.3 Å². The Bertz CT molecular complexity index is 561. The second kappa shape index (κ2) is 7.09. The molecular formula is C16H21N3OS.